The Hall–Kier alpha value is -3.26. The molecule has 1 aliphatic rings. The topological polar surface area (TPSA) is 30.0 Å². The molecule has 2 heteroatoms. The first kappa shape index (κ1) is 16.9. The molecule has 0 saturated carbocycles. The SMILES string of the molecule is CC(C)(C)c1cc(-c2cc3c(cn2)-c2ccccc2C3=O)cc2ccccc12. The van der Waals surface area contributed by atoms with E-state index >= 15 is 0 Å². The number of carbonyl (C=O) groups is 1. The predicted molar refractivity (Wildman–Crippen MR) is 115 cm³/mol. The van der Waals surface area contributed by atoms with Gasteiger partial charge in [-0.3, -0.25) is 9.78 Å². The molecule has 136 valence electrons. The second-order valence-corrected chi connectivity index (χ2v) is 8.48. The lowest BCUT2D eigenvalue weighted by molar-refractivity contribution is 0.104. The number of aromatic nitrogens is 1. The molecule has 0 N–H and O–H groups in total. The average molecular weight is 363 g/mol. The van der Waals surface area contributed by atoms with Gasteiger partial charge < -0.3 is 0 Å². The number of pyridine rings is 1. The molecular weight excluding hydrogens is 342 g/mol. The van der Waals surface area contributed by atoms with Gasteiger partial charge in [0.2, 0.25) is 0 Å². The fraction of sp³-hybridized carbons (Fsp3) is 0.154. The summed E-state index contributed by atoms with van der Waals surface area (Å²) in [6.07, 6.45) is 1.85. The van der Waals surface area contributed by atoms with Gasteiger partial charge in [-0.05, 0) is 45.5 Å². The van der Waals surface area contributed by atoms with E-state index in [-0.39, 0.29) is 11.2 Å². The molecule has 0 aliphatic heterocycles. The summed E-state index contributed by atoms with van der Waals surface area (Å²) in [7, 11) is 0. The standard InChI is InChI=1S/C26H21NO/c1-26(2,3)23-13-17(12-16-8-4-5-9-18(16)23)24-14-21-22(15-27-24)19-10-6-7-11-20(19)25(21)28/h4-15H,1-3H3. The molecule has 28 heavy (non-hydrogen) atoms. The van der Waals surface area contributed by atoms with E-state index in [0.717, 1.165) is 33.5 Å². The van der Waals surface area contributed by atoms with E-state index in [1.165, 1.54) is 16.3 Å². The summed E-state index contributed by atoms with van der Waals surface area (Å²) < 4.78 is 0. The normalized spacial score (nSPS) is 12.9. The highest BCUT2D eigenvalue weighted by Gasteiger charge is 2.27. The molecule has 0 bridgehead atoms. The number of carbonyl (C=O) groups excluding carboxylic acids is 1. The predicted octanol–water partition coefficient (Wildman–Crippen LogP) is 6.41. The van der Waals surface area contributed by atoms with Gasteiger partial charge in [-0.15, -0.1) is 0 Å². The van der Waals surface area contributed by atoms with Gasteiger partial charge in [0.05, 0.1) is 5.69 Å². The van der Waals surface area contributed by atoms with Gasteiger partial charge in [-0.1, -0.05) is 69.3 Å². The first-order valence-corrected chi connectivity index (χ1v) is 9.61. The number of benzene rings is 3. The largest absolute Gasteiger partial charge is 0.289 e. The van der Waals surface area contributed by atoms with E-state index in [0.29, 0.717) is 0 Å². The van der Waals surface area contributed by atoms with Crippen molar-refractivity contribution < 1.29 is 4.79 Å². The van der Waals surface area contributed by atoms with Crippen LogP contribution in [0.1, 0.15) is 42.3 Å². The smallest absolute Gasteiger partial charge is 0.194 e. The number of hydrogen-bond donors (Lipinski definition) is 0. The van der Waals surface area contributed by atoms with Gasteiger partial charge in [-0.2, -0.15) is 0 Å². The molecule has 1 aromatic heterocycles. The quantitative estimate of drug-likeness (QED) is 0.344. The summed E-state index contributed by atoms with van der Waals surface area (Å²) in [5.74, 6) is 0.0890. The van der Waals surface area contributed by atoms with Crippen molar-refractivity contribution in [3.63, 3.8) is 0 Å². The fourth-order valence-electron chi connectivity index (χ4n) is 4.16. The number of hydrogen-bond acceptors (Lipinski definition) is 2. The third-order valence-corrected chi connectivity index (χ3v) is 5.58. The van der Waals surface area contributed by atoms with Crippen LogP contribution in [0.4, 0.5) is 0 Å². The van der Waals surface area contributed by atoms with E-state index in [9.17, 15) is 4.79 Å². The van der Waals surface area contributed by atoms with Crippen molar-refractivity contribution in [2.24, 2.45) is 0 Å². The Morgan fingerprint density at radius 2 is 1.46 bits per heavy atom. The summed E-state index contributed by atoms with van der Waals surface area (Å²) in [5, 5.41) is 2.46. The molecule has 0 radical (unpaired) electrons. The van der Waals surface area contributed by atoms with Crippen LogP contribution in [0.15, 0.2) is 72.9 Å². The van der Waals surface area contributed by atoms with Crippen LogP contribution in [0.25, 0.3) is 33.2 Å². The Kier molecular flexibility index (Phi) is 3.54. The van der Waals surface area contributed by atoms with Crippen molar-refractivity contribution >= 4 is 16.6 Å². The first-order chi connectivity index (χ1) is 13.4. The zero-order valence-corrected chi connectivity index (χ0v) is 16.3. The van der Waals surface area contributed by atoms with Gasteiger partial charge in [-0.25, -0.2) is 0 Å². The molecular formula is C26H21NO. The van der Waals surface area contributed by atoms with Crippen LogP contribution in [0.3, 0.4) is 0 Å². The lowest BCUT2D eigenvalue weighted by atomic mass is 9.82. The molecule has 0 atom stereocenters. The van der Waals surface area contributed by atoms with E-state index in [2.05, 4.69) is 57.2 Å². The number of fused-ring (bicyclic) bond motifs is 4. The minimum absolute atomic E-state index is 0.0123. The van der Waals surface area contributed by atoms with Gasteiger partial charge >= 0.3 is 0 Å². The maximum absolute atomic E-state index is 12.9. The van der Waals surface area contributed by atoms with Gasteiger partial charge in [0.25, 0.3) is 0 Å². The maximum Gasteiger partial charge on any atom is 0.194 e. The number of rotatable bonds is 1. The van der Waals surface area contributed by atoms with Gasteiger partial charge in [0.1, 0.15) is 0 Å². The monoisotopic (exact) mass is 363 g/mol. The minimum atomic E-state index is 0.0123. The minimum Gasteiger partial charge on any atom is -0.289 e. The molecule has 4 aromatic rings. The summed E-state index contributed by atoms with van der Waals surface area (Å²) >= 11 is 0. The molecule has 0 unspecified atom stereocenters. The Morgan fingerprint density at radius 1 is 0.750 bits per heavy atom. The second-order valence-electron chi connectivity index (χ2n) is 8.48. The zero-order chi connectivity index (χ0) is 19.5. The first-order valence-electron chi connectivity index (χ1n) is 9.61. The summed E-state index contributed by atoms with van der Waals surface area (Å²) in [5.41, 5.74) is 6.63. The summed E-state index contributed by atoms with van der Waals surface area (Å²) in [6.45, 7) is 6.69. The molecule has 2 nitrogen and oxygen atoms in total. The van der Waals surface area contributed by atoms with Crippen molar-refractivity contribution in [2.45, 2.75) is 26.2 Å². The molecule has 0 spiro atoms. The van der Waals surface area contributed by atoms with Crippen LogP contribution in [0, 0.1) is 0 Å². The molecule has 1 aliphatic carbocycles. The maximum atomic E-state index is 12.9. The van der Waals surface area contributed by atoms with E-state index in [4.69, 9.17) is 4.98 Å². The van der Waals surface area contributed by atoms with Crippen molar-refractivity contribution in [2.75, 3.05) is 0 Å². The summed E-state index contributed by atoms with van der Waals surface area (Å²) in [6, 6.07) is 22.6. The second kappa shape index (κ2) is 5.87. The number of nitrogens with zero attached hydrogens (tertiary/aromatic N) is 1. The van der Waals surface area contributed by atoms with Crippen LogP contribution in [-0.2, 0) is 5.41 Å². The van der Waals surface area contributed by atoms with Crippen LogP contribution >= 0.6 is 0 Å². The molecule has 3 aromatic carbocycles. The Labute approximate surface area is 164 Å². The van der Waals surface area contributed by atoms with Crippen molar-refractivity contribution in [1.82, 2.24) is 4.98 Å². The zero-order valence-electron chi connectivity index (χ0n) is 16.3. The van der Waals surface area contributed by atoms with E-state index < -0.39 is 0 Å². The van der Waals surface area contributed by atoms with E-state index in [1.54, 1.807) is 0 Å². The highest BCUT2D eigenvalue weighted by Crippen LogP contribution is 2.39. The van der Waals surface area contributed by atoms with Crippen molar-refractivity contribution in [1.29, 1.82) is 0 Å². The number of ketones is 1. The molecule has 0 amide bonds. The molecule has 1 heterocycles. The fourth-order valence-corrected chi connectivity index (χ4v) is 4.16. The molecule has 0 fully saturated rings. The lowest BCUT2D eigenvalue weighted by Crippen LogP contribution is -2.12. The Balaban J connectivity index is 1.72. The lowest BCUT2D eigenvalue weighted by Gasteiger charge is -2.22. The molecule has 5 rings (SSSR count). The highest BCUT2D eigenvalue weighted by molar-refractivity contribution is 6.21. The van der Waals surface area contributed by atoms with Gasteiger partial charge in [0, 0.05) is 28.5 Å². The summed E-state index contributed by atoms with van der Waals surface area (Å²) in [4.78, 5) is 17.6. The van der Waals surface area contributed by atoms with Crippen molar-refractivity contribution in [3.05, 3.63) is 89.6 Å². The van der Waals surface area contributed by atoms with Gasteiger partial charge in [0.15, 0.2) is 5.78 Å². The van der Waals surface area contributed by atoms with Crippen molar-refractivity contribution in [3.8, 4) is 22.4 Å². The highest BCUT2D eigenvalue weighted by atomic mass is 16.1. The third kappa shape index (κ3) is 2.49. The average Bonchev–Trinajstić information content (AvgIpc) is 2.98. The molecule has 0 saturated heterocycles. The Morgan fingerprint density at radius 3 is 2.25 bits per heavy atom. The third-order valence-electron chi connectivity index (χ3n) is 5.58. The Bertz CT molecular complexity index is 1260. The van der Waals surface area contributed by atoms with E-state index in [1.807, 2.05) is 36.5 Å². The van der Waals surface area contributed by atoms with Crippen LogP contribution < -0.4 is 0 Å². The van der Waals surface area contributed by atoms with Crippen LogP contribution in [0.2, 0.25) is 0 Å². The van der Waals surface area contributed by atoms with Crippen LogP contribution in [0.5, 0.6) is 0 Å². The van der Waals surface area contributed by atoms with Crippen LogP contribution in [-0.4, -0.2) is 10.8 Å².